The van der Waals surface area contributed by atoms with Crippen LogP contribution in [-0.4, -0.2) is 56.5 Å². The Balaban J connectivity index is 1.71. The molecule has 0 unspecified atom stereocenters. The highest BCUT2D eigenvalue weighted by Gasteiger charge is 2.17. The molecule has 0 amide bonds. The third kappa shape index (κ3) is 6.18. The lowest BCUT2D eigenvalue weighted by Gasteiger charge is -2.13. The molecule has 0 saturated carbocycles. The molecule has 0 aliphatic heterocycles. The van der Waals surface area contributed by atoms with Crippen LogP contribution in [0.2, 0.25) is 0 Å². The minimum atomic E-state index is -0.926. The molecule has 3 N–H and O–H groups in total. The summed E-state index contributed by atoms with van der Waals surface area (Å²) < 4.78 is 4.73. The molecule has 8 nitrogen and oxygen atoms in total. The number of carbonyl (C=O) groups is 2. The SMILES string of the molecule is CCOC(=O)C(=O)C=C(N)c1ccc(-c2nc(-c3ccc(N(C)C)cc3)c(-c3ccc(N(C)C)cc3)[nH]2)cc1. The molecule has 8 heteroatoms. The third-order valence-electron chi connectivity index (χ3n) is 6.29. The van der Waals surface area contributed by atoms with E-state index >= 15 is 0 Å². The molecule has 4 rings (SSSR count). The van der Waals surface area contributed by atoms with Gasteiger partial charge in [-0.05, 0) is 36.8 Å². The number of rotatable bonds is 9. The van der Waals surface area contributed by atoms with Gasteiger partial charge in [0.15, 0.2) is 0 Å². The fourth-order valence-electron chi connectivity index (χ4n) is 4.08. The van der Waals surface area contributed by atoms with Crippen molar-refractivity contribution in [1.29, 1.82) is 0 Å². The standard InChI is InChI=1S/C31H33N5O3/c1-6-39-31(38)27(37)19-26(32)20-7-9-23(10-8-20)30-33-28(21-11-15-24(16-12-21)35(2)3)29(34-30)22-13-17-25(18-14-22)36(4)5/h7-19H,6,32H2,1-5H3,(H,33,34). The summed E-state index contributed by atoms with van der Waals surface area (Å²) in [7, 11) is 8.05. The van der Waals surface area contributed by atoms with E-state index < -0.39 is 11.8 Å². The second-order valence-corrected chi connectivity index (χ2v) is 9.45. The van der Waals surface area contributed by atoms with Crippen LogP contribution >= 0.6 is 0 Å². The van der Waals surface area contributed by atoms with Gasteiger partial charge < -0.3 is 25.3 Å². The highest BCUT2D eigenvalue weighted by Crippen LogP contribution is 2.34. The van der Waals surface area contributed by atoms with Crippen LogP contribution in [0.15, 0.2) is 78.9 Å². The zero-order valence-corrected chi connectivity index (χ0v) is 22.9. The Morgan fingerprint density at radius 2 is 1.33 bits per heavy atom. The van der Waals surface area contributed by atoms with Crippen molar-refractivity contribution in [2.24, 2.45) is 5.73 Å². The molecule has 39 heavy (non-hydrogen) atoms. The highest BCUT2D eigenvalue weighted by molar-refractivity contribution is 6.39. The second-order valence-electron chi connectivity index (χ2n) is 9.45. The Labute approximate surface area is 228 Å². The normalized spacial score (nSPS) is 11.3. The fraction of sp³-hybridized carbons (Fsp3) is 0.194. The number of aromatic amines is 1. The Kier molecular flexibility index (Phi) is 8.15. The summed E-state index contributed by atoms with van der Waals surface area (Å²) in [6, 6.07) is 23.9. The van der Waals surface area contributed by atoms with Gasteiger partial charge >= 0.3 is 5.97 Å². The van der Waals surface area contributed by atoms with Crippen LogP contribution in [0.5, 0.6) is 0 Å². The summed E-state index contributed by atoms with van der Waals surface area (Å²) in [4.78, 5) is 36.2. The quantitative estimate of drug-likeness (QED) is 0.181. The molecule has 0 spiro atoms. The topological polar surface area (TPSA) is 105 Å². The van der Waals surface area contributed by atoms with E-state index in [4.69, 9.17) is 15.5 Å². The lowest BCUT2D eigenvalue weighted by molar-refractivity contribution is -0.151. The van der Waals surface area contributed by atoms with E-state index in [0.29, 0.717) is 11.4 Å². The van der Waals surface area contributed by atoms with Gasteiger partial charge in [-0.25, -0.2) is 9.78 Å². The van der Waals surface area contributed by atoms with Crippen LogP contribution in [0.4, 0.5) is 11.4 Å². The maximum atomic E-state index is 12.0. The summed E-state index contributed by atoms with van der Waals surface area (Å²) in [5.74, 6) is -1.02. The van der Waals surface area contributed by atoms with Gasteiger partial charge in [-0.2, -0.15) is 0 Å². The summed E-state index contributed by atoms with van der Waals surface area (Å²) in [5, 5.41) is 0. The molecule has 1 heterocycles. The summed E-state index contributed by atoms with van der Waals surface area (Å²) >= 11 is 0. The van der Waals surface area contributed by atoms with Gasteiger partial charge in [0.05, 0.1) is 18.0 Å². The number of hydrogen-bond donors (Lipinski definition) is 2. The molecule has 1 aromatic heterocycles. The molecule has 0 radical (unpaired) electrons. The van der Waals surface area contributed by atoms with Crippen molar-refractivity contribution in [1.82, 2.24) is 9.97 Å². The highest BCUT2D eigenvalue weighted by atomic mass is 16.5. The predicted molar refractivity (Wildman–Crippen MR) is 157 cm³/mol. The number of nitrogens with two attached hydrogens (primary N) is 1. The van der Waals surface area contributed by atoms with Gasteiger partial charge in [-0.3, -0.25) is 4.79 Å². The molecule has 200 valence electrons. The van der Waals surface area contributed by atoms with E-state index in [0.717, 1.165) is 45.5 Å². The summed E-state index contributed by atoms with van der Waals surface area (Å²) in [6.07, 6.45) is 1.09. The Morgan fingerprint density at radius 1 is 0.821 bits per heavy atom. The average Bonchev–Trinajstić information content (AvgIpc) is 3.39. The van der Waals surface area contributed by atoms with Crippen LogP contribution in [0.25, 0.3) is 39.6 Å². The second kappa shape index (κ2) is 11.7. The number of carbonyl (C=O) groups excluding carboxylic acids is 2. The van der Waals surface area contributed by atoms with Gasteiger partial charge in [0, 0.05) is 68.0 Å². The zero-order chi connectivity index (χ0) is 28.1. The van der Waals surface area contributed by atoms with E-state index in [1.807, 2.05) is 40.3 Å². The largest absolute Gasteiger partial charge is 0.460 e. The number of benzene rings is 3. The number of esters is 1. The van der Waals surface area contributed by atoms with Crippen LogP contribution in [0.3, 0.4) is 0 Å². The zero-order valence-electron chi connectivity index (χ0n) is 22.9. The first-order valence-electron chi connectivity index (χ1n) is 12.6. The molecule has 3 aromatic carbocycles. The van der Waals surface area contributed by atoms with Crippen molar-refractivity contribution in [2.45, 2.75) is 6.92 Å². The van der Waals surface area contributed by atoms with Crippen LogP contribution < -0.4 is 15.5 Å². The molecule has 0 aliphatic carbocycles. The van der Waals surface area contributed by atoms with E-state index in [1.54, 1.807) is 19.1 Å². The molecule has 0 atom stereocenters. The average molecular weight is 524 g/mol. The monoisotopic (exact) mass is 523 g/mol. The number of aromatic nitrogens is 2. The van der Waals surface area contributed by atoms with E-state index in [1.165, 1.54) is 0 Å². The van der Waals surface area contributed by atoms with E-state index in [-0.39, 0.29) is 12.3 Å². The number of ether oxygens (including phenoxy) is 1. The molecule has 4 aromatic rings. The minimum absolute atomic E-state index is 0.125. The minimum Gasteiger partial charge on any atom is -0.460 e. The Hall–Kier alpha value is -4.85. The van der Waals surface area contributed by atoms with Crippen molar-refractivity contribution < 1.29 is 14.3 Å². The lowest BCUT2D eigenvalue weighted by atomic mass is 10.0. The summed E-state index contributed by atoms with van der Waals surface area (Å²) in [6.45, 7) is 1.76. The Bertz CT molecular complexity index is 1410. The van der Waals surface area contributed by atoms with Crippen molar-refractivity contribution in [3.63, 3.8) is 0 Å². The van der Waals surface area contributed by atoms with Crippen molar-refractivity contribution >= 4 is 28.8 Å². The number of nitrogens with zero attached hydrogens (tertiary/aromatic N) is 3. The number of H-pyrrole nitrogens is 1. The number of imidazole rings is 1. The third-order valence-corrected chi connectivity index (χ3v) is 6.29. The first-order chi connectivity index (χ1) is 18.7. The fourth-order valence-corrected chi connectivity index (χ4v) is 4.08. The molecular weight excluding hydrogens is 490 g/mol. The smallest absolute Gasteiger partial charge is 0.379 e. The number of anilines is 2. The number of hydrogen-bond acceptors (Lipinski definition) is 7. The summed E-state index contributed by atoms with van der Waals surface area (Å²) in [5.41, 5.74) is 13.7. The predicted octanol–water partition coefficient (Wildman–Crippen LogP) is 4.97. The van der Waals surface area contributed by atoms with Gasteiger partial charge in [0.25, 0.3) is 5.78 Å². The Morgan fingerprint density at radius 3 is 1.85 bits per heavy atom. The van der Waals surface area contributed by atoms with Crippen molar-refractivity contribution in [3.8, 4) is 33.9 Å². The van der Waals surface area contributed by atoms with Crippen LogP contribution in [0.1, 0.15) is 12.5 Å². The molecule has 0 aliphatic rings. The van der Waals surface area contributed by atoms with Crippen molar-refractivity contribution in [3.05, 3.63) is 84.4 Å². The van der Waals surface area contributed by atoms with E-state index in [2.05, 4.69) is 63.3 Å². The van der Waals surface area contributed by atoms with Crippen LogP contribution in [0, 0.1) is 0 Å². The number of nitrogens with one attached hydrogen (secondary N) is 1. The van der Waals surface area contributed by atoms with Gasteiger partial charge in [0.1, 0.15) is 5.82 Å². The lowest BCUT2D eigenvalue weighted by Crippen LogP contribution is -2.16. The molecule has 0 fully saturated rings. The maximum Gasteiger partial charge on any atom is 0.379 e. The molecule has 0 bridgehead atoms. The van der Waals surface area contributed by atoms with Crippen molar-refractivity contribution in [2.75, 3.05) is 44.6 Å². The van der Waals surface area contributed by atoms with Gasteiger partial charge in [-0.1, -0.05) is 48.5 Å². The van der Waals surface area contributed by atoms with Gasteiger partial charge in [-0.15, -0.1) is 0 Å². The maximum absolute atomic E-state index is 12.0. The first-order valence-corrected chi connectivity index (χ1v) is 12.6. The molecule has 0 saturated heterocycles. The first kappa shape index (κ1) is 27.2. The number of ketones is 1. The molecular formula is C31H33N5O3. The van der Waals surface area contributed by atoms with Crippen LogP contribution in [-0.2, 0) is 14.3 Å². The van der Waals surface area contributed by atoms with E-state index in [9.17, 15) is 9.59 Å². The van der Waals surface area contributed by atoms with Gasteiger partial charge in [0.2, 0.25) is 0 Å².